The number of carbonyl (C=O) groups excluding carboxylic acids is 5. The lowest BCUT2D eigenvalue weighted by Crippen LogP contribution is -2.54. The van der Waals surface area contributed by atoms with Crippen LogP contribution in [-0.2, 0) is 20.8 Å². The van der Waals surface area contributed by atoms with E-state index < -0.39 is 35.5 Å². The van der Waals surface area contributed by atoms with Gasteiger partial charge in [0.1, 0.15) is 11.9 Å². The van der Waals surface area contributed by atoms with Crippen molar-refractivity contribution in [3.8, 4) is 0 Å². The van der Waals surface area contributed by atoms with Gasteiger partial charge in [-0.1, -0.05) is 31.2 Å². The highest BCUT2D eigenvalue weighted by Gasteiger charge is 2.46. The molecule has 9 nitrogen and oxygen atoms in total. The standard InChI is InChI=1S/C29H31FN4O5/c1-29(17-32(2)24(36)16-18-6-3-4-8-20(18)30)12-14-33(15-13-29)21-9-5-7-19-25(21)28(39)34(27(19)38)22-10-11-23(35)31-26(22)37/h3-9,22H,10-17H2,1-2H3,(H,31,35,37). The second kappa shape index (κ2) is 10.2. The lowest BCUT2D eigenvalue weighted by atomic mass is 9.79. The average Bonchev–Trinajstić information content (AvgIpc) is 3.15. The second-order valence-electron chi connectivity index (χ2n) is 11.0. The molecule has 0 bridgehead atoms. The number of imide groups is 2. The average molecular weight is 535 g/mol. The molecule has 0 saturated carbocycles. The van der Waals surface area contributed by atoms with Gasteiger partial charge in [-0.15, -0.1) is 0 Å². The molecule has 0 aliphatic carbocycles. The molecule has 2 fully saturated rings. The Bertz CT molecular complexity index is 1370. The maximum absolute atomic E-state index is 14.0. The number of amides is 5. The number of carbonyl (C=O) groups is 5. The van der Waals surface area contributed by atoms with Crippen molar-refractivity contribution in [2.24, 2.45) is 5.41 Å². The fourth-order valence-electron chi connectivity index (χ4n) is 5.81. The van der Waals surface area contributed by atoms with Crippen molar-refractivity contribution in [2.45, 2.75) is 45.1 Å². The Morgan fingerprint density at radius 2 is 1.77 bits per heavy atom. The van der Waals surface area contributed by atoms with Crippen LogP contribution in [0, 0.1) is 11.2 Å². The molecule has 0 spiro atoms. The summed E-state index contributed by atoms with van der Waals surface area (Å²) >= 11 is 0. The van der Waals surface area contributed by atoms with E-state index >= 15 is 0 Å². The molecule has 5 rings (SSSR count). The Hall–Kier alpha value is -4.08. The molecular formula is C29H31FN4O5. The molecule has 3 heterocycles. The first-order valence-corrected chi connectivity index (χ1v) is 13.1. The summed E-state index contributed by atoms with van der Waals surface area (Å²) in [4.78, 5) is 68.1. The smallest absolute Gasteiger partial charge is 0.264 e. The molecule has 204 valence electrons. The topological polar surface area (TPSA) is 107 Å². The van der Waals surface area contributed by atoms with Gasteiger partial charge in [-0.2, -0.15) is 0 Å². The van der Waals surface area contributed by atoms with Crippen LogP contribution < -0.4 is 10.2 Å². The van der Waals surface area contributed by atoms with Gasteiger partial charge in [0.05, 0.1) is 23.2 Å². The van der Waals surface area contributed by atoms with Crippen LogP contribution >= 0.6 is 0 Å². The lowest BCUT2D eigenvalue weighted by Gasteiger charge is -2.42. The van der Waals surface area contributed by atoms with E-state index in [-0.39, 0.29) is 41.7 Å². The van der Waals surface area contributed by atoms with E-state index in [1.807, 2.05) is 6.07 Å². The summed E-state index contributed by atoms with van der Waals surface area (Å²) in [7, 11) is 1.73. The number of hydrogen-bond acceptors (Lipinski definition) is 6. The Morgan fingerprint density at radius 1 is 1.05 bits per heavy atom. The predicted molar refractivity (Wildman–Crippen MR) is 140 cm³/mol. The second-order valence-corrected chi connectivity index (χ2v) is 11.0. The summed E-state index contributed by atoms with van der Waals surface area (Å²) in [6, 6.07) is 10.4. The van der Waals surface area contributed by atoms with E-state index in [0.717, 1.165) is 17.7 Å². The van der Waals surface area contributed by atoms with Crippen molar-refractivity contribution in [1.29, 1.82) is 0 Å². The van der Waals surface area contributed by atoms with Crippen LogP contribution in [0.15, 0.2) is 42.5 Å². The van der Waals surface area contributed by atoms with E-state index in [0.29, 0.717) is 30.9 Å². The highest BCUT2D eigenvalue weighted by Crippen LogP contribution is 2.38. The zero-order valence-electron chi connectivity index (χ0n) is 22.0. The highest BCUT2D eigenvalue weighted by atomic mass is 19.1. The largest absolute Gasteiger partial charge is 0.371 e. The fraction of sp³-hybridized carbons (Fsp3) is 0.414. The summed E-state index contributed by atoms with van der Waals surface area (Å²) in [6.45, 7) is 3.86. The number of hydrogen-bond donors (Lipinski definition) is 1. The first kappa shape index (κ1) is 26.5. The number of nitrogens with one attached hydrogen (secondary N) is 1. The van der Waals surface area contributed by atoms with Crippen LogP contribution in [0.1, 0.15) is 58.9 Å². The van der Waals surface area contributed by atoms with Crippen molar-refractivity contribution in [2.75, 3.05) is 31.6 Å². The zero-order valence-corrected chi connectivity index (χ0v) is 22.0. The minimum atomic E-state index is -1.01. The van der Waals surface area contributed by atoms with E-state index in [9.17, 15) is 28.4 Å². The molecule has 39 heavy (non-hydrogen) atoms. The summed E-state index contributed by atoms with van der Waals surface area (Å²) in [5, 5.41) is 2.22. The number of rotatable bonds is 6. The third-order valence-electron chi connectivity index (χ3n) is 8.10. The summed E-state index contributed by atoms with van der Waals surface area (Å²) in [6.07, 6.45) is 1.66. The molecule has 2 aromatic rings. The van der Waals surface area contributed by atoms with Crippen LogP contribution in [0.2, 0.25) is 0 Å². The lowest BCUT2D eigenvalue weighted by molar-refractivity contribution is -0.136. The SMILES string of the molecule is CN(CC1(C)CCN(c2cccc3c2C(=O)N(C2CCC(=O)NC2=O)C3=O)CC1)C(=O)Cc1ccccc1F. The molecule has 1 atom stereocenters. The monoisotopic (exact) mass is 534 g/mol. The van der Waals surface area contributed by atoms with Gasteiger partial charge in [-0.3, -0.25) is 34.2 Å². The van der Waals surface area contributed by atoms with Gasteiger partial charge in [0.15, 0.2) is 0 Å². The Kier molecular flexibility index (Phi) is 6.96. The van der Waals surface area contributed by atoms with Crippen LogP contribution in [0.3, 0.4) is 0 Å². The first-order valence-electron chi connectivity index (χ1n) is 13.1. The minimum Gasteiger partial charge on any atom is -0.371 e. The quantitative estimate of drug-likeness (QED) is 0.571. The number of piperidine rings is 2. The van der Waals surface area contributed by atoms with Gasteiger partial charge in [-0.25, -0.2) is 4.39 Å². The van der Waals surface area contributed by atoms with Gasteiger partial charge < -0.3 is 9.80 Å². The molecule has 1 unspecified atom stereocenters. The number of benzene rings is 2. The third kappa shape index (κ3) is 5.03. The number of anilines is 1. The van der Waals surface area contributed by atoms with Crippen molar-refractivity contribution in [3.63, 3.8) is 0 Å². The molecule has 3 aliphatic heterocycles. The highest BCUT2D eigenvalue weighted by molar-refractivity contribution is 6.25. The minimum absolute atomic E-state index is 0.00134. The fourth-order valence-corrected chi connectivity index (χ4v) is 5.81. The van der Waals surface area contributed by atoms with Gasteiger partial charge in [-0.05, 0) is 48.4 Å². The Labute approximate surface area is 225 Å². The summed E-state index contributed by atoms with van der Waals surface area (Å²) in [5.74, 6) is -2.63. The molecule has 2 saturated heterocycles. The maximum atomic E-state index is 14.0. The van der Waals surface area contributed by atoms with Crippen molar-refractivity contribution >= 4 is 35.2 Å². The molecule has 3 aliphatic rings. The molecule has 0 radical (unpaired) electrons. The van der Waals surface area contributed by atoms with E-state index in [2.05, 4.69) is 17.1 Å². The van der Waals surface area contributed by atoms with Crippen molar-refractivity contribution in [1.82, 2.24) is 15.1 Å². The first-order chi connectivity index (χ1) is 18.6. The van der Waals surface area contributed by atoms with Gasteiger partial charge in [0, 0.05) is 33.1 Å². The van der Waals surface area contributed by atoms with E-state index in [1.54, 1.807) is 42.3 Å². The van der Waals surface area contributed by atoms with Crippen molar-refractivity contribution in [3.05, 3.63) is 65.0 Å². The van der Waals surface area contributed by atoms with Crippen LogP contribution in [0.5, 0.6) is 0 Å². The molecule has 5 amide bonds. The molecule has 0 aromatic heterocycles. The Balaban J connectivity index is 1.26. The molecule has 10 heteroatoms. The molecular weight excluding hydrogens is 503 g/mol. The van der Waals surface area contributed by atoms with Crippen LogP contribution in [0.4, 0.5) is 10.1 Å². The third-order valence-corrected chi connectivity index (χ3v) is 8.10. The molecule has 1 N–H and O–H groups in total. The van der Waals surface area contributed by atoms with E-state index in [1.165, 1.54) is 6.07 Å². The van der Waals surface area contributed by atoms with E-state index in [4.69, 9.17) is 0 Å². The number of halogens is 1. The zero-order chi connectivity index (χ0) is 27.9. The molecule has 2 aromatic carbocycles. The predicted octanol–water partition coefficient (Wildman–Crippen LogP) is 2.53. The maximum Gasteiger partial charge on any atom is 0.264 e. The number of fused-ring (bicyclic) bond motifs is 1. The number of nitrogens with zero attached hydrogens (tertiary/aromatic N) is 3. The normalized spacial score (nSPS) is 20.6. The van der Waals surface area contributed by atoms with Gasteiger partial charge in [0.25, 0.3) is 11.8 Å². The summed E-state index contributed by atoms with van der Waals surface area (Å²) in [5.41, 5.74) is 1.39. The van der Waals surface area contributed by atoms with Crippen LogP contribution in [0.25, 0.3) is 0 Å². The van der Waals surface area contributed by atoms with Crippen LogP contribution in [-0.4, -0.2) is 72.1 Å². The number of likely N-dealkylation sites (N-methyl/N-ethyl adjacent to an activating group) is 1. The summed E-state index contributed by atoms with van der Waals surface area (Å²) < 4.78 is 14.0. The van der Waals surface area contributed by atoms with Gasteiger partial charge in [0.2, 0.25) is 17.7 Å². The van der Waals surface area contributed by atoms with Crippen molar-refractivity contribution < 1.29 is 28.4 Å². The van der Waals surface area contributed by atoms with Gasteiger partial charge >= 0.3 is 0 Å². The Morgan fingerprint density at radius 3 is 2.46 bits per heavy atom.